The summed E-state index contributed by atoms with van der Waals surface area (Å²) in [7, 11) is 0. The fourth-order valence-corrected chi connectivity index (χ4v) is 13.1. The van der Waals surface area contributed by atoms with Crippen molar-refractivity contribution in [3.05, 3.63) is 256 Å². The molecule has 0 unspecified atom stereocenters. The van der Waals surface area contributed by atoms with Crippen molar-refractivity contribution < 1.29 is 4.42 Å². The van der Waals surface area contributed by atoms with E-state index in [0.717, 1.165) is 121 Å². The topological polar surface area (TPSA) is 136 Å². The Morgan fingerprint density at radius 1 is 0.259 bits per heavy atom. The van der Waals surface area contributed by atoms with Gasteiger partial charge in [0.1, 0.15) is 5.52 Å². The van der Waals surface area contributed by atoms with Crippen molar-refractivity contribution in [2.24, 2.45) is 0 Å². The van der Waals surface area contributed by atoms with Gasteiger partial charge in [-0.3, -0.25) is 19.9 Å². The molecule has 0 saturated heterocycles. The van der Waals surface area contributed by atoms with Crippen LogP contribution in [0.4, 0.5) is 0 Å². The summed E-state index contributed by atoms with van der Waals surface area (Å²) in [5, 5.41) is 7.92. The Morgan fingerprint density at radius 2 is 0.588 bits per heavy atom. The van der Waals surface area contributed by atoms with E-state index in [1.165, 1.54) is 0 Å². The van der Waals surface area contributed by atoms with Crippen LogP contribution in [-0.4, -0.2) is 58.1 Å². The molecule has 0 aliphatic carbocycles. The molecule has 0 N–H and O–H groups in total. The molecule has 85 heavy (non-hydrogen) atoms. The summed E-state index contributed by atoms with van der Waals surface area (Å²) in [6.07, 6.45) is 15.4. The van der Waals surface area contributed by atoms with Crippen LogP contribution in [0.3, 0.4) is 0 Å². The number of hydrogen-bond donors (Lipinski definition) is 0. The lowest BCUT2D eigenvalue weighted by Crippen LogP contribution is -2.17. The van der Waals surface area contributed by atoms with Crippen LogP contribution < -0.4 is 0 Å². The molecule has 396 valence electrons. The molecule has 0 spiro atoms. The number of aromatic nitrogens is 12. The first kappa shape index (κ1) is 46.8. The molecule has 0 radical (unpaired) electrons. The van der Waals surface area contributed by atoms with Crippen LogP contribution in [0.15, 0.2) is 260 Å². The molecular formula is C72H42N12O. The van der Waals surface area contributed by atoms with E-state index in [9.17, 15) is 0 Å². The van der Waals surface area contributed by atoms with Crippen LogP contribution in [0, 0.1) is 0 Å². The smallest absolute Gasteiger partial charge is 0.230 e. The summed E-state index contributed by atoms with van der Waals surface area (Å²) >= 11 is 0. The van der Waals surface area contributed by atoms with Gasteiger partial charge in [0.25, 0.3) is 0 Å². The van der Waals surface area contributed by atoms with Crippen LogP contribution in [0.2, 0.25) is 0 Å². The number of oxazole rings is 1. The average molecular weight is 1090 g/mol. The number of para-hydroxylation sites is 6. The van der Waals surface area contributed by atoms with Crippen LogP contribution in [0.1, 0.15) is 0 Å². The number of nitrogens with zero attached hydrogens (tertiary/aromatic N) is 12. The van der Waals surface area contributed by atoms with E-state index in [4.69, 9.17) is 44.3 Å². The summed E-state index contributed by atoms with van der Waals surface area (Å²) in [5.41, 5.74) is 14.6. The lowest BCUT2D eigenvalue weighted by molar-refractivity contribution is 0.619. The third-order valence-corrected chi connectivity index (χ3v) is 16.6. The lowest BCUT2D eigenvalue weighted by Gasteiger charge is -2.30. The van der Waals surface area contributed by atoms with Crippen LogP contribution in [-0.2, 0) is 0 Å². The zero-order valence-corrected chi connectivity index (χ0v) is 45.0. The van der Waals surface area contributed by atoms with Crippen molar-refractivity contribution in [1.82, 2.24) is 58.1 Å². The Labute approximate surface area is 482 Å². The van der Waals surface area contributed by atoms with Crippen molar-refractivity contribution in [3.63, 3.8) is 0 Å². The quantitative estimate of drug-likeness (QED) is 0.146. The Balaban J connectivity index is 1.22. The third-order valence-electron chi connectivity index (χ3n) is 16.6. The maximum absolute atomic E-state index is 7.41. The first-order valence-corrected chi connectivity index (χ1v) is 28.0. The first-order chi connectivity index (χ1) is 42.2. The van der Waals surface area contributed by atoms with Crippen molar-refractivity contribution in [2.75, 3.05) is 0 Å². The van der Waals surface area contributed by atoms with Crippen molar-refractivity contribution in [3.8, 4) is 68.4 Å². The minimum atomic E-state index is 0.347. The van der Waals surface area contributed by atoms with Crippen LogP contribution >= 0.6 is 0 Å². The molecule has 10 aromatic heterocycles. The van der Waals surface area contributed by atoms with Crippen molar-refractivity contribution >= 4 is 98.3 Å². The second-order valence-corrected chi connectivity index (χ2v) is 21.2. The average Bonchev–Trinajstić information content (AvgIpc) is 1.70. The van der Waals surface area contributed by atoms with Crippen molar-refractivity contribution in [2.45, 2.75) is 0 Å². The zero-order valence-electron chi connectivity index (χ0n) is 45.0. The molecule has 18 aromatic rings. The van der Waals surface area contributed by atoms with Crippen LogP contribution in [0.25, 0.3) is 167 Å². The molecule has 0 aliphatic heterocycles. The number of benzene rings is 8. The summed E-state index contributed by atoms with van der Waals surface area (Å²) in [6, 6.07) is 71.0. The predicted molar refractivity (Wildman–Crippen MR) is 338 cm³/mol. The highest BCUT2D eigenvalue weighted by Crippen LogP contribution is 2.54. The Hall–Kier alpha value is -12.0. The van der Waals surface area contributed by atoms with E-state index in [1.807, 2.05) is 135 Å². The first-order valence-electron chi connectivity index (χ1n) is 28.0. The number of pyridine rings is 4. The molecule has 0 saturated carbocycles. The lowest BCUT2D eigenvalue weighted by atomic mass is 9.95. The molecule has 0 bridgehead atoms. The van der Waals surface area contributed by atoms with Gasteiger partial charge in [-0.2, -0.15) is 0 Å². The Bertz CT molecular complexity index is 5450. The maximum Gasteiger partial charge on any atom is 0.230 e. The minimum absolute atomic E-state index is 0.347. The van der Waals surface area contributed by atoms with Gasteiger partial charge in [0.2, 0.25) is 5.89 Å². The van der Waals surface area contributed by atoms with Gasteiger partial charge in [-0.25, -0.2) is 19.9 Å². The van der Waals surface area contributed by atoms with E-state index in [1.54, 1.807) is 0 Å². The second kappa shape index (κ2) is 18.3. The molecule has 0 atom stereocenters. The second-order valence-electron chi connectivity index (χ2n) is 21.2. The van der Waals surface area contributed by atoms with Gasteiger partial charge in [-0.15, -0.1) is 0 Å². The molecule has 13 nitrogen and oxygen atoms in total. The SMILES string of the molecule is c1ccc(-c2nc(-c3ccccc3)nc(-c3c(-c4nc5ccccc5o4)c(-n4c5ccccc5c5cnccc54)c(-n4c5ccccc5c5cnccc54)c(-n4c5ccccc5c5cnccc54)c3-n3c4ccccc4c4cnccc43)n2)cc1. The summed E-state index contributed by atoms with van der Waals surface area (Å²) in [4.78, 5) is 41.8. The van der Waals surface area contributed by atoms with Gasteiger partial charge in [0.15, 0.2) is 23.1 Å². The minimum Gasteiger partial charge on any atom is -0.436 e. The van der Waals surface area contributed by atoms with Gasteiger partial charge in [-0.05, 0) is 60.7 Å². The van der Waals surface area contributed by atoms with E-state index in [0.29, 0.717) is 45.6 Å². The summed E-state index contributed by atoms with van der Waals surface area (Å²) in [5.74, 6) is 1.70. The van der Waals surface area contributed by atoms with Crippen LogP contribution in [0.5, 0.6) is 0 Å². The number of fused-ring (bicyclic) bond motifs is 13. The highest BCUT2D eigenvalue weighted by Gasteiger charge is 2.38. The molecule has 0 amide bonds. The molecule has 0 aliphatic rings. The molecule has 8 aromatic carbocycles. The largest absolute Gasteiger partial charge is 0.436 e. The highest BCUT2D eigenvalue weighted by molar-refractivity contribution is 6.18. The molecule has 10 heterocycles. The standard InChI is InChI=1S/C72H42N12O/c1-3-17-43(18-4-1)69-78-70(44-19-5-2-6-20-44)80-71(79-69)63-64(72-77-53-25-11-16-30-62(53)85-72)66(82-55-27-13-8-22-46(55)50-40-74-36-32-59(50)82)68(84-57-29-15-10-24-48(57)52-42-76-38-34-61(52)84)67(83-56-28-14-9-23-47(56)51-41-75-37-33-60(51)83)65(63)81-54-26-12-7-21-45(54)49-39-73-35-31-58(49)81/h1-42H. The van der Waals surface area contributed by atoms with E-state index in [2.05, 4.69) is 140 Å². The van der Waals surface area contributed by atoms with E-state index < -0.39 is 0 Å². The molecule has 0 fully saturated rings. The van der Waals surface area contributed by atoms with Gasteiger partial charge in [0, 0.05) is 104 Å². The number of hydrogen-bond acceptors (Lipinski definition) is 9. The fraction of sp³-hybridized carbons (Fsp3) is 0. The molecule has 18 rings (SSSR count). The molecular weight excluding hydrogens is 1050 g/mol. The number of rotatable bonds is 8. The Morgan fingerprint density at radius 3 is 1.00 bits per heavy atom. The predicted octanol–water partition coefficient (Wildman–Crippen LogP) is 16.6. The highest BCUT2D eigenvalue weighted by atomic mass is 16.3. The zero-order chi connectivity index (χ0) is 55.7. The van der Waals surface area contributed by atoms with Gasteiger partial charge < -0.3 is 22.7 Å². The third kappa shape index (κ3) is 6.86. The van der Waals surface area contributed by atoms with Gasteiger partial charge >= 0.3 is 0 Å². The normalized spacial score (nSPS) is 12.0. The van der Waals surface area contributed by atoms with E-state index >= 15 is 0 Å². The van der Waals surface area contributed by atoms with Crippen molar-refractivity contribution in [1.29, 1.82) is 0 Å². The summed E-state index contributed by atoms with van der Waals surface area (Å²) in [6.45, 7) is 0. The van der Waals surface area contributed by atoms with Gasteiger partial charge in [0.05, 0.1) is 78.0 Å². The fourth-order valence-electron chi connectivity index (χ4n) is 13.1. The summed E-state index contributed by atoms with van der Waals surface area (Å²) < 4.78 is 17.0. The molecule has 13 heteroatoms. The maximum atomic E-state index is 7.41. The monoisotopic (exact) mass is 1090 g/mol. The Kier molecular flexibility index (Phi) is 10.1. The van der Waals surface area contributed by atoms with Gasteiger partial charge in [-0.1, -0.05) is 146 Å². The van der Waals surface area contributed by atoms with E-state index in [-0.39, 0.29) is 0 Å².